The van der Waals surface area contributed by atoms with Gasteiger partial charge in [0.05, 0.1) is 19.1 Å². The molecule has 0 aromatic rings. The number of carbonyl (C=O) groups is 3. The van der Waals surface area contributed by atoms with Crippen molar-refractivity contribution in [3.05, 3.63) is 12.3 Å². The Bertz CT molecular complexity index is 906. The largest absolute Gasteiger partial charge is 0.460 e. The maximum atomic E-state index is 12.8. The summed E-state index contributed by atoms with van der Waals surface area (Å²) in [6, 6.07) is -0.510. The number of rotatable bonds is 22. The maximum absolute atomic E-state index is 12.8. The number of carbonyl (C=O) groups excluding carboxylic acids is 3. The molecular weight excluding hydrogens is 582 g/mol. The van der Waals surface area contributed by atoms with Crippen LogP contribution in [-0.4, -0.2) is 55.1 Å². The monoisotopic (exact) mass is 650 g/mol. The van der Waals surface area contributed by atoms with Crippen molar-refractivity contribution in [3.63, 3.8) is 0 Å². The molecule has 0 spiro atoms. The van der Waals surface area contributed by atoms with E-state index in [1.165, 1.54) is 83.5 Å². The van der Waals surface area contributed by atoms with E-state index in [1.807, 2.05) is 19.9 Å². The van der Waals surface area contributed by atoms with Crippen LogP contribution in [0.3, 0.4) is 0 Å². The lowest BCUT2D eigenvalue weighted by molar-refractivity contribution is -0.304. The molecule has 0 aromatic carbocycles. The third-order valence-corrected chi connectivity index (χ3v) is 9.13. The summed E-state index contributed by atoms with van der Waals surface area (Å²) in [6.07, 6.45) is 25.9. The van der Waals surface area contributed by atoms with E-state index >= 15 is 0 Å². The Kier molecular flexibility index (Phi) is 19.5. The summed E-state index contributed by atoms with van der Waals surface area (Å²) in [5.41, 5.74) is -0.483. The second-order valence-corrected chi connectivity index (χ2v) is 14.5. The Balaban J connectivity index is 1.53. The van der Waals surface area contributed by atoms with E-state index in [2.05, 4.69) is 22.9 Å². The topological polar surface area (TPSA) is 115 Å². The second-order valence-electron chi connectivity index (χ2n) is 14.5. The van der Waals surface area contributed by atoms with E-state index in [1.54, 1.807) is 20.0 Å². The van der Waals surface area contributed by atoms with Crippen LogP contribution < -0.4 is 16.0 Å². The van der Waals surface area contributed by atoms with Crippen LogP contribution in [0.4, 0.5) is 4.79 Å². The highest BCUT2D eigenvalue weighted by Gasteiger charge is 2.45. The smallest absolute Gasteiger partial charge is 0.319 e. The zero-order chi connectivity index (χ0) is 33.7. The minimum atomic E-state index is -0.840. The Morgan fingerprint density at radius 2 is 1.41 bits per heavy atom. The normalized spacial score (nSPS) is 22.3. The van der Waals surface area contributed by atoms with Gasteiger partial charge >= 0.3 is 12.0 Å². The van der Waals surface area contributed by atoms with Crippen molar-refractivity contribution in [2.24, 2.45) is 5.41 Å². The Hall–Kier alpha value is -2.13. The minimum absolute atomic E-state index is 0.0518. The van der Waals surface area contributed by atoms with E-state index in [4.69, 9.17) is 14.2 Å². The van der Waals surface area contributed by atoms with Crippen molar-refractivity contribution < 1.29 is 28.6 Å². The number of allylic oxidation sites excluding steroid dienone is 1. The van der Waals surface area contributed by atoms with Crippen molar-refractivity contribution in [1.82, 2.24) is 16.0 Å². The van der Waals surface area contributed by atoms with Crippen LogP contribution >= 0.6 is 0 Å². The van der Waals surface area contributed by atoms with E-state index in [0.717, 1.165) is 32.1 Å². The van der Waals surface area contributed by atoms with Gasteiger partial charge < -0.3 is 30.2 Å². The first-order valence-corrected chi connectivity index (χ1v) is 18.5. The molecule has 1 saturated carbocycles. The summed E-state index contributed by atoms with van der Waals surface area (Å²) in [6.45, 7) is 10.2. The highest BCUT2D eigenvalue weighted by molar-refractivity contribution is 5.82. The molecule has 1 aliphatic carbocycles. The van der Waals surface area contributed by atoms with Gasteiger partial charge in [0.1, 0.15) is 12.2 Å². The first kappa shape index (κ1) is 40.0. The molecule has 1 saturated heterocycles. The van der Waals surface area contributed by atoms with Gasteiger partial charge in [0.25, 0.3) is 0 Å². The zero-order valence-corrected chi connectivity index (χ0v) is 29.9. The lowest BCUT2D eigenvalue weighted by atomic mass is 9.85. The molecule has 3 atom stereocenters. The highest BCUT2D eigenvalue weighted by Crippen LogP contribution is 2.34. The third-order valence-electron chi connectivity index (χ3n) is 9.13. The molecule has 1 heterocycles. The van der Waals surface area contributed by atoms with E-state index in [-0.39, 0.29) is 43.0 Å². The Labute approximate surface area is 280 Å². The summed E-state index contributed by atoms with van der Waals surface area (Å²) in [7, 11) is 0. The second kappa shape index (κ2) is 22.4. The van der Waals surface area contributed by atoms with Gasteiger partial charge in [0.15, 0.2) is 5.79 Å². The molecule has 0 radical (unpaired) electrons. The first-order valence-electron chi connectivity index (χ1n) is 18.5. The molecule has 0 aromatic heterocycles. The van der Waals surface area contributed by atoms with Crippen LogP contribution in [0.25, 0.3) is 0 Å². The first-order chi connectivity index (χ1) is 22.0. The summed E-state index contributed by atoms with van der Waals surface area (Å²) < 4.78 is 17.3. The Morgan fingerprint density at radius 3 is 2.04 bits per heavy atom. The van der Waals surface area contributed by atoms with E-state index < -0.39 is 17.3 Å². The van der Waals surface area contributed by atoms with Crippen molar-refractivity contribution in [2.45, 2.75) is 187 Å². The molecule has 2 fully saturated rings. The molecule has 46 heavy (non-hydrogen) atoms. The molecular formula is C37H67N3O6. The molecule has 9 heteroatoms. The number of ether oxygens (including phenoxy) is 3. The fourth-order valence-electron chi connectivity index (χ4n) is 6.22. The molecule has 266 valence electrons. The fraction of sp³-hybridized carbons (Fsp3) is 0.865. The predicted octanol–water partition coefficient (Wildman–Crippen LogP) is 8.21. The van der Waals surface area contributed by atoms with Gasteiger partial charge in [-0.15, -0.1) is 0 Å². The third kappa shape index (κ3) is 17.1. The summed E-state index contributed by atoms with van der Waals surface area (Å²) in [5, 5.41) is 8.60. The van der Waals surface area contributed by atoms with Gasteiger partial charge in [-0.3, -0.25) is 9.59 Å². The van der Waals surface area contributed by atoms with Crippen LogP contribution in [0.5, 0.6) is 0 Å². The lowest BCUT2D eigenvalue weighted by Gasteiger charge is -2.44. The SMILES string of the molecule is CCCCCCCCCCCCCCCCC=CNC(=O)NC1CCCCC1OC(=O)CCNC(=O)C1OC(C)(C)OCC1(C)C. The summed E-state index contributed by atoms with van der Waals surface area (Å²) in [5.74, 6) is -1.49. The fourth-order valence-corrected chi connectivity index (χ4v) is 6.22. The number of unbranched alkanes of at least 4 members (excludes halogenated alkanes) is 14. The van der Waals surface area contributed by atoms with Crippen molar-refractivity contribution in [1.29, 1.82) is 0 Å². The summed E-state index contributed by atoms with van der Waals surface area (Å²) in [4.78, 5) is 37.9. The Morgan fingerprint density at radius 1 is 0.826 bits per heavy atom. The van der Waals surface area contributed by atoms with Crippen LogP contribution in [0.1, 0.15) is 163 Å². The van der Waals surface area contributed by atoms with Gasteiger partial charge in [0, 0.05) is 18.2 Å². The number of nitrogens with one attached hydrogen (secondary N) is 3. The molecule has 2 aliphatic rings. The van der Waals surface area contributed by atoms with Crippen LogP contribution in [0.2, 0.25) is 0 Å². The molecule has 0 bridgehead atoms. The van der Waals surface area contributed by atoms with Crippen LogP contribution in [0.15, 0.2) is 12.3 Å². The average Bonchev–Trinajstić information content (AvgIpc) is 3.01. The van der Waals surface area contributed by atoms with Gasteiger partial charge in [-0.05, 0) is 46.0 Å². The highest BCUT2D eigenvalue weighted by atomic mass is 16.7. The minimum Gasteiger partial charge on any atom is -0.460 e. The van der Waals surface area contributed by atoms with Crippen molar-refractivity contribution in [2.75, 3.05) is 13.2 Å². The number of hydrogen-bond acceptors (Lipinski definition) is 6. The molecule has 1 aliphatic heterocycles. The quantitative estimate of drug-likeness (QED) is 0.0804. The van der Waals surface area contributed by atoms with Gasteiger partial charge in [0.2, 0.25) is 5.91 Å². The van der Waals surface area contributed by atoms with Gasteiger partial charge in [-0.1, -0.05) is 117 Å². The molecule has 3 amide bonds. The average molecular weight is 650 g/mol. The van der Waals surface area contributed by atoms with E-state index in [0.29, 0.717) is 13.0 Å². The number of esters is 1. The lowest BCUT2D eigenvalue weighted by Crippen LogP contribution is -2.56. The van der Waals surface area contributed by atoms with Crippen LogP contribution in [0, 0.1) is 5.41 Å². The van der Waals surface area contributed by atoms with Crippen molar-refractivity contribution in [3.8, 4) is 0 Å². The molecule has 3 N–H and O–H groups in total. The molecule has 2 rings (SSSR count). The van der Waals surface area contributed by atoms with Crippen molar-refractivity contribution >= 4 is 17.9 Å². The van der Waals surface area contributed by atoms with Gasteiger partial charge in [-0.25, -0.2) is 4.79 Å². The molecule has 9 nitrogen and oxygen atoms in total. The van der Waals surface area contributed by atoms with E-state index in [9.17, 15) is 14.4 Å². The predicted molar refractivity (Wildman–Crippen MR) is 184 cm³/mol. The van der Waals surface area contributed by atoms with Gasteiger partial charge in [-0.2, -0.15) is 0 Å². The molecule has 3 unspecified atom stereocenters. The summed E-state index contributed by atoms with van der Waals surface area (Å²) >= 11 is 0. The number of hydrogen-bond donors (Lipinski definition) is 3. The number of urea groups is 1. The van der Waals surface area contributed by atoms with Crippen LogP contribution in [-0.2, 0) is 23.8 Å². The zero-order valence-electron chi connectivity index (χ0n) is 29.9. The standard InChI is InChI=1S/C37H67N3O6/c1-6-7-8-9-10-11-12-13-14-15-16-17-18-19-20-23-27-39-35(43)40-30-24-21-22-25-31(30)45-32(41)26-28-38-34(42)33-36(2,3)29-44-37(4,5)46-33/h23,27,30-31,33H,6-22,24-26,28-29H2,1-5H3,(H,38,42)(H2,39,40,43). The maximum Gasteiger partial charge on any atom is 0.319 e. The number of amides is 3.